The molecule has 1 aliphatic heterocycles. The molecule has 3 heterocycles. The van der Waals surface area contributed by atoms with Crippen LogP contribution in [0.2, 0.25) is 0 Å². The Hall–Kier alpha value is -2.64. The Kier molecular flexibility index (Phi) is 5.69. The van der Waals surface area contributed by atoms with E-state index in [1.807, 2.05) is 37.4 Å². The van der Waals surface area contributed by atoms with E-state index >= 15 is 0 Å². The molecule has 29 heavy (non-hydrogen) atoms. The average Bonchev–Trinajstić information content (AvgIpc) is 3.08. The van der Waals surface area contributed by atoms with E-state index in [1.54, 1.807) is 11.6 Å². The Morgan fingerprint density at radius 2 is 2.07 bits per heavy atom. The maximum atomic E-state index is 12.2. The van der Waals surface area contributed by atoms with Crippen LogP contribution in [0.1, 0.15) is 18.4 Å². The molecular formula is C22H27N3O4. The summed E-state index contributed by atoms with van der Waals surface area (Å²) in [5.74, 6) is 2.06. The molecule has 0 aliphatic carbocycles. The van der Waals surface area contributed by atoms with Crippen LogP contribution < -0.4 is 10.3 Å². The lowest BCUT2D eigenvalue weighted by Gasteiger charge is -2.23. The molecule has 1 fully saturated rings. The fourth-order valence-corrected chi connectivity index (χ4v) is 3.96. The molecule has 0 unspecified atom stereocenters. The third-order valence-electron chi connectivity index (χ3n) is 5.48. The van der Waals surface area contributed by atoms with Crippen LogP contribution >= 0.6 is 0 Å². The summed E-state index contributed by atoms with van der Waals surface area (Å²) >= 11 is 0. The molecule has 0 radical (unpaired) electrons. The number of imidazole rings is 1. The SMILES string of the molecule is Cc1cc(-c2nc3cc(OCCO)ccc3n2CC2CCOCC2)cn(C)c1=O. The van der Waals surface area contributed by atoms with Crippen LogP contribution in [-0.4, -0.2) is 45.7 Å². The average molecular weight is 397 g/mol. The highest BCUT2D eigenvalue weighted by Gasteiger charge is 2.20. The molecule has 2 aromatic heterocycles. The molecule has 7 nitrogen and oxygen atoms in total. The predicted molar refractivity (Wildman–Crippen MR) is 111 cm³/mol. The van der Waals surface area contributed by atoms with Gasteiger partial charge in [0, 0.05) is 50.2 Å². The molecular weight excluding hydrogens is 370 g/mol. The molecule has 7 heteroatoms. The molecule has 0 atom stereocenters. The molecule has 1 aromatic carbocycles. The summed E-state index contributed by atoms with van der Waals surface area (Å²) in [6.07, 6.45) is 3.91. The Morgan fingerprint density at radius 1 is 1.28 bits per heavy atom. The van der Waals surface area contributed by atoms with Gasteiger partial charge in [-0.1, -0.05) is 0 Å². The summed E-state index contributed by atoms with van der Waals surface area (Å²) < 4.78 is 14.9. The first-order valence-corrected chi connectivity index (χ1v) is 10.1. The number of hydrogen-bond acceptors (Lipinski definition) is 5. The van der Waals surface area contributed by atoms with Gasteiger partial charge in [-0.2, -0.15) is 0 Å². The highest BCUT2D eigenvalue weighted by Crippen LogP contribution is 2.30. The molecule has 0 spiro atoms. The number of aliphatic hydroxyl groups excluding tert-OH is 1. The highest BCUT2D eigenvalue weighted by molar-refractivity contribution is 5.82. The Morgan fingerprint density at radius 3 is 2.79 bits per heavy atom. The first-order chi connectivity index (χ1) is 14.1. The van der Waals surface area contributed by atoms with Gasteiger partial charge in [-0.05, 0) is 43.9 Å². The van der Waals surface area contributed by atoms with Crippen molar-refractivity contribution in [3.63, 3.8) is 0 Å². The second kappa shape index (κ2) is 8.39. The lowest BCUT2D eigenvalue weighted by atomic mass is 10.00. The molecule has 4 rings (SSSR count). The number of nitrogens with zero attached hydrogens (tertiary/aromatic N) is 3. The van der Waals surface area contributed by atoms with Crippen molar-refractivity contribution in [2.75, 3.05) is 26.4 Å². The Bertz CT molecular complexity index is 1040. The van der Waals surface area contributed by atoms with Crippen LogP contribution in [0.4, 0.5) is 0 Å². The van der Waals surface area contributed by atoms with Gasteiger partial charge in [0.1, 0.15) is 18.2 Å². The first-order valence-electron chi connectivity index (χ1n) is 10.1. The number of pyridine rings is 1. The van der Waals surface area contributed by atoms with Gasteiger partial charge in [-0.25, -0.2) is 4.98 Å². The zero-order valence-electron chi connectivity index (χ0n) is 16.9. The van der Waals surface area contributed by atoms with Gasteiger partial charge < -0.3 is 23.7 Å². The summed E-state index contributed by atoms with van der Waals surface area (Å²) in [5.41, 5.74) is 3.50. The van der Waals surface area contributed by atoms with Gasteiger partial charge in [-0.15, -0.1) is 0 Å². The minimum Gasteiger partial charge on any atom is -0.491 e. The van der Waals surface area contributed by atoms with Crippen molar-refractivity contribution in [1.82, 2.24) is 14.1 Å². The third-order valence-corrected chi connectivity index (χ3v) is 5.48. The second-order valence-electron chi connectivity index (χ2n) is 7.65. The van der Waals surface area contributed by atoms with Crippen molar-refractivity contribution >= 4 is 11.0 Å². The molecule has 3 aromatic rings. The van der Waals surface area contributed by atoms with Crippen LogP contribution in [0.25, 0.3) is 22.4 Å². The van der Waals surface area contributed by atoms with Gasteiger partial charge in [0.2, 0.25) is 0 Å². The van der Waals surface area contributed by atoms with Crippen molar-refractivity contribution in [2.24, 2.45) is 13.0 Å². The van der Waals surface area contributed by atoms with E-state index in [1.165, 1.54) is 0 Å². The number of rotatable bonds is 6. The fraction of sp³-hybridized carbons (Fsp3) is 0.455. The van der Waals surface area contributed by atoms with Crippen molar-refractivity contribution in [2.45, 2.75) is 26.3 Å². The van der Waals surface area contributed by atoms with Gasteiger partial charge >= 0.3 is 0 Å². The quantitative estimate of drug-likeness (QED) is 0.691. The van der Waals surface area contributed by atoms with Crippen molar-refractivity contribution in [3.8, 4) is 17.1 Å². The van der Waals surface area contributed by atoms with E-state index in [-0.39, 0.29) is 18.8 Å². The maximum absolute atomic E-state index is 12.2. The van der Waals surface area contributed by atoms with Gasteiger partial charge in [-0.3, -0.25) is 4.79 Å². The Balaban J connectivity index is 1.81. The standard InChI is InChI=1S/C22H27N3O4/c1-15-11-17(14-24(2)22(15)27)21-23-19-12-18(29-10-7-26)3-4-20(19)25(21)13-16-5-8-28-9-6-16/h3-4,11-12,14,16,26H,5-10,13H2,1-2H3. The first kappa shape index (κ1) is 19.7. The van der Waals surface area contributed by atoms with E-state index in [0.29, 0.717) is 17.2 Å². The lowest BCUT2D eigenvalue weighted by Crippen LogP contribution is -2.21. The van der Waals surface area contributed by atoms with Crippen molar-refractivity contribution in [3.05, 3.63) is 46.4 Å². The number of ether oxygens (including phenoxy) is 2. The molecule has 154 valence electrons. The number of aromatic nitrogens is 3. The lowest BCUT2D eigenvalue weighted by molar-refractivity contribution is 0.0617. The molecule has 0 saturated carbocycles. The molecule has 1 N–H and O–H groups in total. The number of aryl methyl sites for hydroxylation is 2. The maximum Gasteiger partial charge on any atom is 0.253 e. The van der Waals surface area contributed by atoms with E-state index in [4.69, 9.17) is 19.6 Å². The van der Waals surface area contributed by atoms with Crippen LogP contribution in [0.3, 0.4) is 0 Å². The van der Waals surface area contributed by atoms with Crippen molar-refractivity contribution < 1.29 is 14.6 Å². The van der Waals surface area contributed by atoms with E-state index in [9.17, 15) is 4.79 Å². The normalized spacial score (nSPS) is 15.1. The van der Waals surface area contributed by atoms with E-state index in [2.05, 4.69) is 4.57 Å². The van der Waals surface area contributed by atoms with Gasteiger partial charge in [0.05, 0.1) is 17.6 Å². The number of benzene rings is 1. The summed E-state index contributed by atoms with van der Waals surface area (Å²) in [5, 5.41) is 9.01. The smallest absolute Gasteiger partial charge is 0.253 e. The van der Waals surface area contributed by atoms with Gasteiger partial charge in [0.15, 0.2) is 0 Å². The second-order valence-corrected chi connectivity index (χ2v) is 7.65. The van der Waals surface area contributed by atoms with E-state index < -0.39 is 0 Å². The number of hydrogen-bond donors (Lipinski definition) is 1. The number of aliphatic hydroxyl groups is 1. The summed E-state index contributed by atoms with van der Waals surface area (Å²) in [6.45, 7) is 4.50. The monoisotopic (exact) mass is 397 g/mol. The Labute approximate surface area is 169 Å². The minimum atomic E-state index is -0.0290. The van der Waals surface area contributed by atoms with Crippen molar-refractivity contribution in [1.29, 1.82) is 0 Å². The highest BCUT2D eigenvalue weighted by atomic mass is 16.5. The van der Waals surface area contributed by atoms with E-state index in [0.717, 1.165) is 55.0 Å². The van der Waals surface area contributed by atoms with Crippen LogP contribution in [-0.2, 0) is 18.3 Å². The third kappa shape index (κ3) is 4.06. The minimum absolute atomic E-state index is 0.000491. The van der Waals surface area contributed by atoms with Crippen LogP contribution in [0.15, 0.2) is 35.3 Å². The summed E-state index contributed by atoms with van der Waals surface area (Å²) in [4.78, 5) is 17.1. The zero-order valence-corrected chi connectivity index (χ0v) is 16.9. The largest absolute Gasteiger partial charge is 0.491 e. The van der Waals surface area contributed by atoms with Gasteiger partial charge in [0.25, 0.3) is 5.56 Å². The number of fused-ring (bicyclic) bond motifs is 1. The molecule has 0 amide bonds. The predicted octanol–water partition coefficient (Wildman–Crippen LogP) is 2.51. The summed E-state index contributed by atoms with van der Waals surface area (Å²) in [7, 11) is 1.77. The topological polar surface area (TPSA) is 78.5 Å². The fourth-order valence-electron chi connectivity index (χ4n) is 3.96. The van der Waals surface area contributed by atoms with Crippen LogP contribution in [0.5, 0.6) is 5.75 Å². The molecule has 0 bridgehead atoms. The summed E-state index contributed by atoms with van der Waals surface area (Å²) in [6, 6.07) is 7.75. The van der Waals surface area contributed by atoms with Crippen LogP contribution in [0, 0.1) is 12.8 Å². The molecule has 1 aliphatic rings. The zero-order chi connectivity index (χ0) is 20.4. The molecule has 1 saturated heterocycles.